The summed E-state index contributed by atoms with van der Waals surface area (Å²) in [6.45, 7) is 3.68. The monoisotopic (exact) mass is 476 g/mol. The van der Waals surface area contributed by atoms with E-state index in [0.717, 1.165) is 60.5 Å². The first-order valence-electron chi connectivity index (χ1n) is 9.74. The first-order valence-corrected chi connectivity index (χ1v) is 9.74. The van der Waals surface area contributed by atoms with Gasteiger partial charge in [-0.3, -0.25) is 9.98 Å². The van der Waals surface area contributed by atoms with Crippen LogP contribution in [0.2, 0.25) is 0 Å². The van der Waals surface area contributed by atoms with E-state index >= 15 is 0 Å². The molecule has 0 spiro atoms. The number of halogens is 2. The zero-order valence-electron chi connectivity index (χ0n) is 17.0. The first-order chi connectivity index (χ1) is 14.3. The molecule has 0 aromatic heterocycles. The van der Waals surface area contributed by atoms with E-state index in [1.54, 1.807) is 0 Å². The van der Waals surface area contributed by atoms with Gasteiger partial charge in [0.25, 0.3) is 0 Å². The highest BCUT2D eigenvalue weighted by molar-refractivity contribution is 5.97. The van der Waals surface area contributed by atoms with Crippen LogP contribution in [0.15, 0.2) is 70.7 Å². The summed E-state index contributed by atoms with van der Waals surface area (Å²) in [5.41, 5.74) is 2.19. The predicted octanol–water partition coefficient (Wildman–Crippen LogP) is 4.61. The van der Waals surface area contributed by atoms with Crippen LogP contribution >= 0.6 is 24.8 Å². The third-order valence-corrected chi connectivity index (χ3v) is 4.48. The highest BCUT2D eigenvalue weighted by atomic mass is 35.5. The number of amidine groups is 2. The molecule has 0 bridgehead atoms. The molecule has 0 unspecified atom stereocenters. The van der Waals surface area contributed by atoms with Gasteiger partial charge in [0.05, 0.1) is 13.1 Å². The predicted molar refractivity (Wildman–Crippen MR) is 139 cm³/mol. The van der Waals surface area contributed by atoms with Crippen LogP contribution in [0.5, 0.6) is 11.5 Å². The van der Waals surface area contributed by atoms with Gasteiger partial charge in [-0.2, -0.15) is 0 Å². The Morgan fingerprint density at radius 1 is 0.656 bits per heavy atom. The maximum absolute atomic E-state index is 5.67. The molecular formula is C24H30Cl2N4O2. The lowest BCUT2D eigenvalue weighted by Crippen LogP contribution is -2.15. The van der Waals surface area contributed by atoms with Crippen LogP contribution in [0, 0.1) is 0 Å². The minimum absolute atomic E-state index is 0. The molecule has 2 aromatic rings. The second-order valence-corrected chi connectivity index (χ2v) is 6.60. The molecule has 2 N–H and O–H groups in total. The van der Waals surface area contributed by atoms with Gasteiger partial charge in [0.1, 0.15) is 23.2 Å². The molecule has 172 valence electrons. The molecule has 0 aliphatic carbocycles. The smallest absolute Gasteiger partial charge is 0.230 e. The fraction of sp³-hybridized carbons (Fsp3) is 0.250. The average Bonchev–Trinajstić information content (AvgIpc) is 3.47. The SMILES string of the molecule is C.C(=Cc1ccc(OCOc2ccc(C=CC3=NCCN3)cc2)cc1)C1=NCCN1.Cl.Cl. The number of hydrogen-bond donors (Lipinski definition) is 2. The molecule has 2 aliphatic heterocycles. The summed E-state index contributed by atoms with van der Waals surface area (Å²) in [4.78, 5) is 8.67. The Bertz CT molecular complexity index is 862. The van der Waals surface area contributed by atoms with Crippen LogP contribution < -0.4 is 20.1 Å². The van der Waals surface area contributed by atoms with Gasteiger partial charge in [-0.15, -0.1) is 24.8 Å². The van der Waals surface area contributed by atoms with Gasteiger partial charge >= 0.3 is 0 Å². The van der Waals surface area contributed by atoms with E-state index in [2.05, 4.69) is 20.6 Å². The van der Waals surface area contributed by atoms with Gasteiger partial charge in [0.15, 0.2) is 0 Å². The van der Waals surface area contributed by atoms with E-state index in [9.17, 15) is 0 Å². The van der Waals surface area contributed by atoms with Crippen LogP contribution in [0.25, 0.3) is 12.2 Å². The quantitative estimate of drug-likeness (QED) is 0.545. The molecule has 0 amide bonds. The molecule has 2 heterocycles. The van der Waals surface area contributed by atoms with E-state index in [1.807, 2.05) is 72.8 Å². The Morgan fingerprint density at radius 3 is 1.41 bits per heavy atom. The average molecular weight is 477 g/mol. The summed E-state index contributed by atoms with van der Waals surface area (Å²) < 4.78 is 11.3. The van der Waals surface area contributed by atoms with Crippen LogP contribution in [-0.4, -0.2) is 44.6 Å². The number of aliphatic imine (C=N–C) groups is 2. The second kappa shape index (κ2) is 14.2. The summed E-state index contributed by atoms with van der Waals surface area (Å²) >= 11 is 0. The van der Waals surface area contributed by atoms with Crippen molar-refractivity contribution < 1.29 is 9.47 Å². The van der Waals surface area contributed by atoms with Gasteiger partial charge in [-0.05, 0) is 47.5 Å². The largest absolute Gasteiger partial charge is 0.458 e. The molecule has 6 nitrogen and oxygen atoms in total. The molecular weight excluding hydrogens is 447 g/mol. The van der Waals surface area contributed by atoms with Crippen LogP contribution in [-0.2, 0) is 0 Å². The lowest BCUT2D eigenvalue weighted by Gasteiger charge is -2.09. The summed E-state index contributed by atoms with van der Waals surface area (Å²) in [5.74, 6) is 3.40. The number of rotatable bonds is 8. The minimum atomic E-state index is 0. The van der Waals surface area contributed by atoms with Crippen LogP contribution in [0.4, 0.5) is 0 Å². The fourth-order valence-electron chi connectivity index (χ4n) is 2.92. The standard InChI is InChI=1S/C23H24N4O2.CH4.2ClH/c1-7-20(8-2-18(1)5-11-22-24-13-14-25-22)28-17-29-21-9-3-19(4-10-21)6-12-23-26-15-16-27-23;;;/h1-12H,13-17H2,(H,24,25)(H,26,27);1H4;2*1H. The van der Waals surface area contributed by atoms with E-state index < -0.39 is 0 Å². The van der Waals surface area contributed by atoms with Crippen molar-refractivity contribution in [1.82, 2.24) is 10.6 Å². The summed E-state index contributed by atoms with van der Waals surface area (Å²) in [6, 6.07) is 15.7. The third kappa shape index (κ3) is 8.29. The van der Waals surface area contributed by atoms with Crippen molar-refractivity contribution in [3.05, 3.63) is 71.8 Å². The summed E-state index contributed by atoms with van der Waals surface area (Å²) in [5, 5.41) is 6.43. The number of nitrogens with one attached hydrogen (secondary N) is 2. The van der Waals surface area contributed by atoms with Crippen molar-refractivity contribution in [2.24, 2.45) is 9.98 Å². The molecule has 2 aliphatic rings. The molecule has 4 rings (SSSR count). The van der Waals surface area contributed by atoms with Gasteiger partial charge in [0, 0.05) is 13.1 Å². The maximum Gasteiger partial charge on any atom is 0.230 e. The second-order valence-electron chi connectivity index (χ2n) is 6.60. The topological polar surface area (TPSA) is 67.2 Å². The van der Waals surface area contributed by atoms with Gasteiger partial charge in [0.2, 0.25) is 6.79 Å². The molecule has 0 atom stereocenters. The molecule has 0 fully saturated rings. The fourth-order valence-corrected chi connectivity index (χ4v) is 2.92. The minimum Gasteiger partial charge on any atom is -0.458 e. The van der Waals surface area contributed by atoms with Crippen molar-refractivity contribution in [3.8, 4) is 11.5 Å². The normalized spacial score (nSPS) is 14.4. The number of benzene rings is 2. The van der Waals surface area contributed by atoms with Crippen molar-refractivity contribution in [2.45, 2.75) is 7.43 Å². The Labute approximate surface area is 202 Å². The highest BCUT2D eigenvalue weighted by Gasteiger charge is 2.01. The van der Waals surface area contributed by atoms with Crippen molar-refractivity contribution in [1.29, 1.82) is 0 Å². The van der Waals surface area contributed by atoms with Gasteiger partial charge in [-0.25, -0.2) is 0 Å². The Kier molecular flexibility index (Phi) is 12.0. The molecule has 0 radical (unpaired) electrons. The van der Waals surface area contributed by atoms with Crippen molar-refractivity contribution in [3.63, 3.8) is 0 Å². The molecule has 32 heavy (non-hydrogen) atoms. The Morgan fingerprint density at radius 2 is 1.06 bits per heavy atom. The molecule has 8 heteroatoms. The molecule has 0 saturated heterocycles. The zero-order valence-corrected chi connectivity index (χ0v) is 18.6. The van der Waals surface area contributed by atoms with Crippen molar-refractivity contribution in [2.75, 3.05) is 33.0 Å². The lowest BCUT2D eigenvalue weighted by atomic mass is 10.2. The number of hydrogen-bond acceptors (Lipinski definition) is 6. The van der Waals surface area contributed by atoms with E-state index in [-0.39, 0.29) is 39.0 Å². The maximum atomic E-state index is 5.67. The van der Waals surface area contributed by atoms with Crippen molar-refractivity contribution >= 4 is 48.6 Å². The van der Waals surface area contributed by atoms with Crippen LogP contribution in [0.1, 0.15) is 18.6 Å². The zero-order chi connectivity index (χ0) is 19.7. The highest BCUT2D eigenvalue weighted by Crippen LogP contribution is 2.16. The van der Waals surface area contributed by atoms with Gasteiger partial charge in [-0.1, -0.05) is 43.8 Å². The first kappa shape index (κ1) is 27.1. The van der Waals surface area contributed by atoms with Gasteiger partial charge < -0.3 is 20.1 Å². The number of nitrogens with zero attached hydrogens (tertiary/aromatic N) is 2. The Hall–Kier alpha value is -2.96. The third-order valence-electron chi connectivity index (χ3n) is 4.48. The molecule has 0 saturated carbocycles. The van der Waals surface area contributed by atoms with E-state index in [4.69, 9.17) is 9.47 Å². The summed E-state index contributed by atoms with van der Waals surface area (Å²) in [7, 11) is 0. The Balaban J connectivity index is 0.00000171. The summed E-state index contributed by atoms with van der Waals surface area (Å²) in [6.07, 6.45) is 8.04. The van der Waals surface area contributed by atoms with E-state index in [0.29, 0.717) is 0 Å². The molecule has 2 aromatic carbocycles. The number of ether oxygens (including phenoxy) is 2. The van der Waals surface area contributed by atoms with Crippen LogP contribution in [0.3, 0.4) is 0 Å². The lowest BCUT2D eigenvalue weighted by molar-refractivity contribution is 0.120. The van der Waals surface area contributed by atoms with E-state index in [1.165, 1.54) is 0 Å².